The second-order valence-corrected chi connectivity index (χ2v) is 5.64. The summed E-state index contributed by atoms with van der Waals surface area (Å²) in [7, 11) is 0. The van der Waals surface area contributed by atoms with Gasteiger partial charge in [-0.25, -0.2) is 0 Å². The summed E-state index contributed by atoms with van der Waals surface area (Å²) in [6.07, 6.45) is 7.58. The Hall–Kier alpha value is -0.570. The van der Waals surface area contributed by atoms with Gasteiger partial charge in [-0.15, -0.1) is 0 Å². The van der Waals surface area contributed by atoms with Crippen LogP contribution in [-0.4, -0.2) is 23.2 Å². The molecule has 1 amide bonds. The van der Waals surface area contributed by atoms with E-state index in [1.165, 1.54) is 0 Å². The lowest BCUT2D eigenvalue weighted by Gasteiger charge is -2.34. The highest BCUT2D eigenvalue weighted by molar-refractivity contribution is 5.75. The molecule has 1 fully saturated rings. The van der Waals surface area contributed by atoms with Gasteiger partial charge in [-0.05, 0) is 38.0 Å². The van der Waals surface area contributed by atoms with Gasteiger partial charge in [0.1, 0.15) is 0 Å². The largest absolute Gasteiger partial charge is 0.388 e. The van der Waals surface area contributed by atoms with Crippen LogP contribution >= 0.6 is 0 Å². The lowest BCUT2D eigenvalue weighted by molar-refractivity contribution is -0.123. The first-order valence-corrected chi connectivity index (χ1v) is 7.05. The minimum Gasteiger partial charge on any atom is -0.388 e. The van der Waals surface area contributed by atoms with Crippen LogP contribution in [0.2, 0.25) is 0 Å². The lowest BCUT2D eigenvalue weighted by Crippen LogP contribution is -2.45. The molecule has 0 aromatic heterocycles. The summed E-state index contributed by atoms with van der Waals surface area (Å²) >= 11 is 0. The minimum atomic E-state index is -0.646. The van der Waals surface area contributed by atoms with Gasteiger partial charge in [-0.1, -0.05) is 26.7 Å². The van der Waals surface area contributed by atoms with E-state index in [0.717, 1.165) is 50.9 Å². The van der Waals surface area contributed by atoms with E-state index in [4.69, 9.17) is 0 Å². The molecule has 0 spiro atoms. The van der Waals surface area contributed by atoms with Gasteiger partial charge in [0.25, 0.3) is 0 Å². The number of amides is 1. The van der Waals surface area contributed by atoms with Crippen LogP contribution in [0.5, 0.6) is 0 Å². The highest BCUT2D eigenvalue weighted by Crippen LogP contribution is 2.31. The van der Waals surface area contributed by atoms with Crippen LogP contribution < -0.4 is 5.32 Å². The topological polar surface area (TPSA) is 49.3 Å². The zero-order valence-electron chi connectivity index (χ0n) is 11.3. The monoisotopic (exact) mass is 241 g/mol. The molecule has 1 saturated carbocycles. The third-order valence-electron chi connectivity index (χ3n) is 3.83. The van der Waals surface area contributed by atoms with E-state index in [1.807, 2.05) is 0 Å². The molecule has 1 aliphatic carbocycles. The first kappa shape index (κ1) is 14.5. The molecule has 0 aromatic carbocycles. The third kappa shape index (κ3) is 5.53. The van der Waals surface area contributed by atoms with E-state index in [9.17, 15) is 9.90 Å². The minimum absolute atomic E-state index is 0.0884. The van der Waals surface area contributed by atoms with Gasteiger partial charge in [0.05, 0.1) is 5.60 Å². The molecule has 0 aromatic rings. The van der Waals surface area contributed by atoms with Crippen molar-refractivity contribution in [1.29, 1.82) is 0 Å². The van der Waals surface area contributed by atoms with Gasteiger partial charge in [-0.2, -0.15) is 0 Å². The van der Waals surface area contributed by atoms with E-state index in [1.54, 1.807) is 0 Å². The molecule has 17 heavy (non-hydrogen) atoms. The smallest absolute Gasteiger partial charge is 0.220 e. The second kappa shape index (κ2) is 7.00. The Morgan fingerprint density at radius 3 is 2.59 bits per heavy atom. The molecule has 100 valence electrons. The van der Waals surface area contributed by atoms with Crippen molar-refractivity contribution in [2.75, 3.05) is 6.54 Å². The molecule has 0 bridgehead atoms. The Morgan fingerprint density at radius 2 is 2.00 bits per heavy atom. The van der Waals surface area contributed by atoms with Gasteiger partial charge in [0.2, 0.25) is 5.91 Å². The molecule has 3 heteroatoms. The molecule has 0 aliphatic heterocycles. The Labute approximate surface area is 105 Å². The number of hydrogen-bond donors (Lipinski definition) is 2. The Balaban J connectivity index is 2.18. The predicted octanol–water partition coefficient (Wildman–Crippen LogP) is 2.62. The Morgan fingerprint density at radius 1 is 1.35 bits per heavy atom. The zero-order chi connectivity index (χ0) is 12.7. The summed E-state index contributed by atoms with van der Waals surface area (Å²) < 4.78 is 0. The molecule has 0 heterocycles. The summed E-state index contributed by atoms with van der Waals surface area (Å²) in [4.78, 5) is 11.5. The van der Waals surface area contributed by atoms with Gasteiger partial charge >= 0.3 is 0 Å². The van der Waals surface area contributed by atoms with Crippen LogP contribution in [0.15, 0.2) is 0 Å². The van der Waals surface area contributed by atoms with Crippen molar-refractivity contribution in [2.24, 2.45) is 5.92 Å². The maximum atomic E-state index is 11.5. The van der Waals surface area contributed by atoms with Crippen LogP contribution in [0.25, 0.3) is 0 Å². The second-order valence-electron chi connectivity index (χ2n) is 5.64. The predicted molar refractivity (Wildman–Crippen MR) is 69.7 cm³/mol. The highest BCUT2D eigenvalue weighted by atomic mass is 16.3. The Kier molecular flexibility index (Phi) is 5.96. The van der Waals surface area contributed by atoms with Crippen LogP contribution in [0.4, 0.5) is 0 Å². The van der Waals surface area contributed by atoms with Crippen molar-refractivity contribution in [3.8, 4) is 0 Å². The number of hydrogen-bond acceptors (Lipinski definition) is 2. The van der Waals surface area contributed by atoms with Gasteiger partial charge in [0.15, 0.2) is 0 Å². The van der Waals surface area contributed by atoms with Crippen molar-refractivity contribution in [3.63, 3.8) is 0 Å². The fourth-order valence-corrected chi connectivity index (χ4v) is 2.36. The summed E-state index contributed by atoms with van der Waals surface area (Å²) in [5.74, 6) is 0.807. The molecule has 2 N–H and O–H groups in total. The number of carbonyl (C=O) groups is 1. The van der Waals surface area contributed by atoms with Crippen LogP contribution in [0.3, 0.4) is 0 Å². The summed E-state index contributed by atoms with van der Waals surface area (Å²) in [5, 5.41) is 13.2. The van der Waals surface area contributed by atoms with Crippen molar-refractivity contribution in [1.82, 2.24) is 5.32 Å². The zero-order valence-corrected chi connectivity index (χ0v) is 11.3. The molecular weight excluding hydrogens is 214 g/mol. The van der Waals surface area contributed by atoms with Gasteiger partial charge in [0, 0.05) is 13.0 Å². The Bertz CT molecular complexity index is 232. The molecule has 0 unspecified atom stereocenters. The van der Waals surface area contributed by atoms with Crippen LogP contribution in [0.1, 0.15) is 65.2 Å². The van der Waals surface area contributed by atoms with Crippen molar-refractivity contribution < 1.29 is 9.90 Å². The van der Waals surface area contributed by atoms with E-state index in [-0.39, 0.29) is 5.91 Å². The van der Waals surface area contributed by atoms with E-state index < -0.39 is 5.60 Å². The van der Waals surface area contributed by atoms with Crippen molar-refractivity contribution >= 4 is 5.91 Å². The van der Waals surface area contributed by atoms with Gasteiger partial charge in [-0.3, -0.25) is 4.79 Å². The third-order valence-corrected chi connectivity index (χ3v) is 3.83. The van der Waals surface area contributed by atoms with E-state index in [0.29, 0.717) is 13.0 Å². The number of carbonyl (C=O) groups excluding carboxylic acids is 1. The molecule has 3 nitrogen and oxygen atoms in total. The van der Waals surface area contributed by atoms with Crippen LogP contribution in [0, 0.1) is 5.92 Å². The molecule has 0 saturated heterocycles. The first-order valence-electron chi connectivity index (χ1n) is 7.05. The van der Waals surface area contributed by atoms with Gasteiger partial charge < -0.3 is 10.4 Å². The fourth-order valence-electron chi connectivity index (χ4n) is 2.36. The molecule has 1 aliphatic rings. The lowest BCUT2D eigenvalue weighted by atomic mass is 9.79. The molecule has 0 radical (unpaired) electrons. The molecule has 1 rings (SSSR count). The normalized spacial score (nSPS) is 29.0. The maximum absolute atomic E-state index is 11.5. The summed E-state index contributed by atoms with van der Waals surface area (Å²) in [5.41, 5.74) is -0.646. The SMILES string of the molecule is CCCCCC(=O)NCC1(O)CCC(C)CC1. The number of unbranched alkanes of at least 4 members (excludes halogenated alkanes) is 2. The van der Waals surface area contributed by atoms with Crippen molar-refractivity contribution in [3.05, 3.63) is 0 Å². The maximum Gasteiger partial charge on any atom is 0.220 e. The summed E-state index contributed by atoms with van der Waals surface area (Å²) in [6.45, 7) is 4.79. The standard InChI is InChI=1S/C14H27NO2/c1-3-4-5-6-13(16)15-11-14(17)9-7-12(2)8-10-14/h12,17H,3-11H2,1-2H3,(H,15,16). The quantitative estimate of drug-likeness (QED) is 0.702. The number of rotatable bonds is 6. The average Bonchev–Trinajstić information content (AvgIpc) is 2.32. The van der Waals surface area contributed by atoms with Crippen molar-refractivity contribution in [2.45, 2.75) is 70.8 Å². The van der Waals surface area contributed by atoms with E-state index in [2.05, 4.69) is 19.2 Å². The first-order chi connectivity index (χ1) is 8.06. The fraction of sp³-hybridized carbons (Fsp3) is 0.929. The highest BCUT2D eigenvalue weighted by Gasteiger charge is 2.31. The summed E-state index contributed by atoms with van der Waals surface area (Å²) in [6, 6.07) is 0. The van der Waals surface area contributed by atoms with Crippen LogP contribution in [-0.2, 0) is 4.79 Å². The molecular formula is C14H27NO2. The average molecular weight is 241 g/mol. The molecule has 0 atom stereocenters. The number of aliphatic hydroxyl groups is 1. The number of nitrogens with one attached hydrogen (secondary N) is 1. The van der Waals surface area contributed by atoms with E-state index >= 15 is 0 Å².